The average molecular weight is 455 g/mol. The summed E-state index contributed by atoms with van der Waals surface area (Å²) in [5.74, 6) is -0.122. The zero-order valence-corrected chi connectivity index (χ0v) is 18.3. The van der Waals surface area contributed by atoms with Crippen molar-refractivity contribution in [2.24, 2.45) is 4.99 Å². The van der Waals surface area contributed by atoms with E-state index in [0.29, 0.717) is 27.5 Å². The maximum Gasteiger partial charge on any atom is 0.326 e. The van der Waals surface area contributed by atoms with Crippen LogP contribution in [0.2, 0.25) is 0 Å². The maximum atomic E-state index is 12.9. The molecular formula is C22H21N3O6S. The number of nitrogens with zero attached hydrogens (tertiary/aromatic N) is 2. The Labute approximate surface area is 187 Å². The fourth-order valence-electron chi connectivity index (χ4n) is 3.24. The van der Waals surface area contributed by atoms with Crippen molar-refractivity contribution in [3.8, 4) is 11.5 Å². The van der Waals surface area contributed by atoms with E-state index in [-0.39, 0.29) is 25.7 Å². The number of ether oxygens (including phenoxy) is 3. The topological polar surface area (TPSA) is 108 Å². The summed E-state index contributed by atoms with van der Waals surface area (Å²) in [4.78, 5) is 41.0. The molecule has 10 heteroatoms. The van der Waals surface area contributed by atoms with Gasteiger partial charge in [-0.15, -0.1) is 0 Å². The first-order valence-electron chi connectivity index (χ1n) is 9.98. The Kier molecular flexibility index (Phi) is 6.22. The zero-order chi connectivity index (χ0) is 22.7. The molecule has 1 unspecified atom stereocenters. The van der Waals surface area contributed by atoms with Crippen molar-refractivity contribution in [2.75, 3.05) is 18.5 Å². The number of benzene rings is 2. The van der Waals surface area contributed by atoms with Crippen LogP contribution in [-0.2, 0) is 25.7 Å². The number of thiazole rings is 1. The lowest BCUT2D eigenvalue weighted by Gasteiger charge is -2.23. The van der Waals surface area contributed by atoms with Gasteiger partial charge in [0.05, 0.1) is 16.8 Å². The minimum absolute atomic E-state index is 0.0365. The number of rotatable bonds is 5. The normalized spacial score (nSPS) is 15.4. The van der Waals surface area contributed by atoms with Gasteiger partial charge in [-0.1, -0.05) is 23.5 Å². The van der Waals surface area contributed by atoms with Crippen LogP contribution >= 0.6 is 11.3 Å². The van der Waals surface area contributed by atoms with E-state index in [1.807, 2.05) is 6.07 Å². The molecule has 2 amide bonds. The highest BCUT2D eigenvalue weighted by molar-refractivity contribution is 7.16. The molecule has 0 saturated heterocycles. The van der Waals surface area contributed by atoms with Gasteiger partial charge in [0.15, 0.2) is 16.3 Å². The Morgan fingerprint density at radius 1 is 1.22 bits per heavy atom. The zero-order valence-electron chi connectivity index (χ0n) is 17.5. The number of hydrogen-bond acceptors (Lipinski definition) is 7. The van der Waals surface area contributed by atoms with Gasteiger partial charge in [0, 0.05) is 12.6 Å². The van der Waals surface area contributed by atoms with E-state index in [1.165, 1.54) is 18.3 Å². The van der Waals surface area contributed by atoms with Crippen molar-refractivity contribution in [3.05, 3.63) is 47.3 Å². The Morgan fingerprint density at radius 2 is 2.00 bits per heavy atom. The van der Waals surface area contributed by atoms with Crippen molar-refractivity contribution in [1.82, 2.24) is 4.57 Å². The van der Waals surface area contributed by atoms with E-state index in [4.69, 9.17) is 14.2 Å². The molecular weight excluding hydrogens is 434 g/mol. The lowest BCUT2D eigenvalue weighted by Crippen LogP contribution is -2.37. The minimum Gasteiger partial charge on any atom is -0.485 e. The number of amides is 2. The van der Waals surface area contributed by atoms with Crippen molar-refractivity contribution in [1.29, 1.82) is 0 Å². The molecule has 0 saturated carbocycles. The van der Waals surface area contributed by atoms with Crippen LogP contribution in [0.1, 0.15) is 13.8 Å². The highest BCUT2D eigenvalue weighted by atomic mass is 32.1. The van der Waals surface area contributed by atoms with E-state index in [9.17, 15) is 14.4 Å². The van der Waals surface area contributed by atoms with E-state index in [2.05, 4.69) is 10.3 Å². The molecule has 1 aliphatic rings. The van der Waals surface area contributed by atoms with Crippen molar-refractivity contribution < 1.29 is 28.6 Å². The summed E-state index contributed by atoms with van der Waals surface area (Å²) in [7, 11) is 0. The van der Waals surface area contributed by atoms with E-state index < -0.39 is 18.0 Å². The van der Waals surface area contributed by atoms with E-state index in [0.717, 1.165) is 4.70 Å². The number of carbonyl (C=O) groups excluding carboxylic acids is 3. The first-order valence-corrected chi connectivity index (χ1v) is 10.8. The monoisotopic (exact) mass is 455 g/mol. The molecule has 32 heavy (non-hydrogen) atoms. The van der Waals surface area contributed by atoms with Crippen LogP contribution in [0.25, 0.3) is 10.2 Å². The van der Waals surface area contributed by atoms with Crippen molar-refractivity contribution >= 4 is 45.0 Å². The van der Waals surface area contributed by atoms with Crippen LogP contribution in [0.3, 0.4) is 0 Å². The Balaban J connectivity index is 1.70. The van der Waals surface area contributed by atoms with Crippen LogP contribution in [0.4, 0.5) is 5.69 Å². The second kappa shape index (κ2) is 9.23. The summed E-state index contributed by atoms with van der Waals surface area (Å²) in [6.07, 6.45) is -0.902. The SMILES string of the molecule is CCOC(=O)Cn1c(=NC(=O)C2COc3ccccc3O2)sc2cc(NC(C)=O)ccc21. The lowest BCUT2D eigenvalue weighted by atomic mass is 10.2. The number of hydrogen-bond donors (Lipinski definition) is 1. The van der Waals surface area contributed by atoms with Crippen molar-refractivity contribution in [3.63, 3.8) is 0 Å². The fraction of sp³-hybridized carbons (Fsp3) is 0.273. The third-order valence-corrected chi connectivity index (χ3v) is 5.63. The summed E-state index contributed by atoms with van der Waals surface area (Å²) >= 11 is 1.22. The third kappa shape index (κ3) is 4.65. The molecule has 0 fully saturated rings. The van der Waals surface area contributed by atoms with Crippen LogP contribution in [0, 0.1) is 0 Å². The van der Waals surface area contributed by atoms with Crippen LogP contribution in [-0.4, -0.2) is 41.7 Å². The molecule has 0 bridgehead atoms. The minimum atomic E-state index is -0.902. The fourth-order valence-corrected chi connectivity index (χ4v) is 4.31. The van der Waals surface area contributed by atoms with Gasteiger partial charge in [-0.05, 0) is 37.3 Å². The molecule has 0 spiro atoms. The smallest absolute Gasteiger partial charge is 0.326 e. The average Bonchev–Trinajstić information content (AvgIpc) is 3.09. The second-order valence-corrected chi connectivity index (χ2v) is 7.96. The van der Waals surface area contributed by atoms with Gasteiger partial charge in [-0.25, -0.2) is 0 Å². The summed E-state index contributed by atoms with van der Waals surface area (Å²) in [6, 6.07) is 12.3. The predicted octanol–water partition coefficient (Wildman–Crippen LogP) is 2.49. The van der Waals surface area contributed by atoms with Gasteiger partial charge in [-0.2, -0.15) is 4.99 Å². The lowest BCUT2D eigenvalue weighted by molar-refractivity contribution is -0.143. The standard InChI is InChI=1S/C22H21N3O6S/c1-3-29-20(27)11-25-15-9-8-14(23-13(2)26)10-19(15)32-22(25)24-21(28)18-12-30-16-6-4-5-7-17(16)31-18/h4-10,18H,3,11-12H2,1-2H3,(H,23,26). The number of carbonyl (C=O) groups is 3. The van der Waals surface area contributed by atoms with Crippen LogP contribution < -0.4 is 19.6 Å². The number of aromatic nitrogens is 1. The first-order chi connectivity index (χ1) is 15.4. The van der Waals surface area contributed by atoms with E-state index in [1.54, 1.807) is 47.9 Å². The van der Waals surface area contributed by atoms with Gasteiger partial charge in [0.2, 0.25) is 12.0 Å². The predicted molar refractivity (Wildman–Crippen MR) is 118 cm³/mol. The molecule has 1 aliphatic heterocycles. The number of nitrogens with one attached hydrogen (secondary N) is 1. The molecule has 0 aliphatic carbocycles. The molecule has 2 aromatic carbocycles. The van der Waals surface area contributed by atoms with Gasteiger partial charge < -0.3 is 24.1 Å². The summed E-state index contributed by atoms with van der Waals surface area (Å²) in [5, 5.41) is 2.72. The molecule has 4 rings (SSSR count). The number of esters is 1. The van der Waals surface area contributed by atoms with Gasteiger partial charge in [0.25, 0.3) is 5.91 Å². The Morgan fingerprint density at radius 3 is 2.75 bits per heavy atom. The Hall–Kier alpha value is -3.66. The molecule has 1 atom stereocenters. The first kappa shape index (κ1) is 21.6. The molecule has 3 aromatic rings. The molecule has 9 nitrogen and oxygen atoms in total. The number of fused-ring (bicyclic) bond motifs is 2. The highest BCUT2D eigenvalue weighted by Gasteiger charge is 2.27. The largest absolute Gasteiger partial charge is 0.485 e. The Bertz CT molecular complexity index is 1260. The van der Waals surface area contributed by atoms with Gasteiger partial charge in [-0.3, -0.25) is 14.4 Å². The number of para-hydroxylation sites is 2. The quantitative estimate of drug-likeness (QED) is 0.592. The molecule has 0 radical (unpaired) electrons. The molecule has 1 N–H and O–H groups in total. The highest BCUT2D eigenvalue weighted by Crippen LogP contribution is 2.31. The van der Waals surface area contributed by atoms with Gasteiger partial charge in [0.1, 0.15) is 13.2 Å². The summed E-state index contributed by atoms with van der Waals surface area (Å²) < 4.78 is 18.8. The van der Waals surface area contributed by atoms with Crippen molar-refractivity contribution in [2.45, 2.75) is 26.5 Å². The summed E-state index contributed by atoms with van der Waals surface area (Å²) in [5.41, 5.74) is 1.29. The maximum absolute atomic E-state index is 12.9. The second-order valence-electron chi connectivity index (χ2n) is 6.95. The van der Waals surface area contributed by atoms with Crippen LogP contribution in [0.5, 0.6) is 11.5 Å². The summed E-state index contributed by atoms with van der Waals surface area (Å²) in [6.45, 7) is 3.32. The molecule has 166 valence electrons. The van der Waals surface area contributed by atoms with E-state index >= 15 is 0 Å². The van der Waals surface area contributed by atoms with Gasteiger partial charge >= 0.3 is 5.97 Å². The third-order valence-electron chi connectivity index (χ3n) is 4.59. The molecule has 1 aromatic heterocycles. The molecule has 2 heterocycles. The van der Waals surface area contributed by atoms with Crippen LogP contribution in [0.15, 0.2) is 47.5 Å². The number of anilines is 1.